The van der Waals surface area contributed by atoms with E-state index in [0.29, 0.717) is 4.88 Å². The van der Waals surface area contributed by atoms with Crippen molar-refractivity contribution < 1.29 is 4.79 Å². The maximum absolute atomic E-state index is 9.99. The number of benzene rings is 2. The van der Waals surface area contributed by atoms with Crippen molar-refractivity contribution in [3.8, 4) is 0 Å². The van der Waals surface area contributed by atoms with Crippen molar-refractivity contribution in [1.29, 1.82) is 0 Å². The van der Waals surface area contributed by atoms with E-state index in [2.05, 4.69) is 85.0 Å². The van der Waals surface area contributed by atoms with E-state index < -0.39 is 0 Å². The Labute approximate surface area is 325 Å². The second-order valence-electron chi connectivity index (χ2n) is 12.9. The van der Waals surface area contributed by atoms with Crippen molar-refractivity contribution in [3.05, 3.63) is 140 Å². The minimum absolute atomic E-state index is 0.697. The Kier molecular flexibility index (Phi) is 10.8. The van der Waals surface area contributed by atoms with Gasteiger partial charge in [-0.3, -0.25) is 19.7 Å². The molecule has 0 bridgehead atoms. The van der Waals surface area contributed by atoms with Crippen molar-refractivity contribution in [3.63, 3.8) is 0 Å². The summed E-state index contributed by atoms with van der Waals surface area (Å²) in [5, 5.41) is 14.3. The van der Waals surface area contributed by atoms with Crippen molar-refractivity contribution in [2.75, 3.05) is 10.6 Å². The summed E-state index contributed by atoms with van der Waals surface area (Å²) in [5.74, 6) is 1.72. The summed E-state index contributed by atoms with van der Waals surface area (Å²) in [7, 11) is 0. The number of aldehydes is 1. The van der Waals surface area contributed by atoms with Gasteiger partial charge in [-0.2, -0.15) is 0 Å². The normalized spacial score (nSPS) is 13.0. The van der Waals surface area contributed by atoms with Crippen molar-refractivity contribution >= 4 is 73.8 Å². The highest BCUT2D eigenvalue weighted by molar-refractivity contribution is 7.13. The molecule has 0 saturated carbocycles. The van der Waals surface area contributed by atoms with Crippen LogP contribution in [0.15, 0.2) is 98.1 Å². The Morgan fingerprint density at radius 2 is 1.29 bits per heavy atom. The van der Waals surface area contributed by atoms with Gasteiger partial charge in [-0.05, 0) is 38.1 Å². The molecular formula is C40H36N12OS2. The third-order valence-electron chi connectivity index (χ3n) is 8.93. The largest absolute Gasteiger partial charge is 0.339 e. The second-order valence-corrected chi connectivity index (χ2v) is 15.5. The van der Waals surface area contributed by atoms with Crippen LogP contribution < -0.4 is 16.0 Å². The Hall–Kier alpha value is -6.13. The highest BCUT2D eigenvalue weighted by atomic mass is 32.1. The average Bonchev–Trinajstić information content (AvgIpc) is 4.04. The number of hydrogen-bond acceptors (Lipinski definition) is 15. The van der Waals surface area contributed by atoms with Crippen LogP contribution in [0.1, 0.15) is 47.1 Å². The smallest absolute Gasteiger partial charge is 0.161 e. The quantitative estimate of drug-likeness (QED) is 0.136. The number of para-hydroxylation sites is 2. The molecule has 8 heterocycles. The highest BCUT2D eigenvalue weighted by Gasteiger charge is 2.24. The number of carbonyl (C=O) groups excluding carboxylic acids is 1. The van der Waals surface area contributed by atoms with Crippen molar-refractivity contribution in [2.45, 2.75) is 46.6 Å². The first-order valence-corrected chi connectivity index (χ1v) is 19.2. The summed E-state index contributed by atoms with van der Waals surface area (Å²) in [6.07, 6.45) is 11.3. The van der Waals surface area contributed by atoms with E-state index in [4.69, 9.17) is 0 Å². The lowest BCUT2D eigenvalue weighted by molar-refractivity contribution is 0.112. The van der Waals surface area contributed by atoms with Crippen LogP contribution in [0.4, 0.5) is 23.0 Å². The van der Waals surface area contributed by atoms with E-state index in [9.17, 15) is 4.79 Å². The van der Waals surface area contributed by atoms with Gasteiger partial charge in [-0.25, -0.2) is 29.9 Å². The molecule has 2 aliphatic rings. The van der Waals surface area contributed by atoms with Crippen LogP contribution in [0.25, 0.3) is 21.8 Å². The van der Waals surface area contributed by atoms with Crippen LogP contribution in [0.5, 0.6) is 0 Å². The lowest BCUT2D eigenvalue weighted by Gasteiger charge is -2.13. The van der Waals surface area contributed by atoms with E-state index >= 15 is 0 Å². The summed E-state index contributed by atoms with van der Waals surface area (Å²) in [5.41, 5.74) is 8.31. The number of hydrogen-bond donors (Lipinski definition) is 3. The molecule has 0 aliphatic carbocycles. The molecule has 0 fully saturated rings. The molecule has 3 N–H and O–H groups in total. The maximum Gasteiger partial charge on any atom is 0.161 e. The summed E-state index contributed by atoms with van der Waals surface area (Å²) in [6.45, 7) is 8.08. The molecule has 0 atom stereocenters. The number of rotatable bonds is 7. The summed E-state index contributed by atoms with van der Waals surface area (Å²) >= 11 is 3.16. The zero-order valence-electron chi connectivity index (χ0n) is 30.1. The first-order valence-electron chi connectivity index (χ1n) is 17.6. The lowest BCUT2D eigenvalue weighted by Crippen LogP contribution is -2.15. The van der Waals surface area contributed by atoms with Crippen molar-refractivity contribution in [2.24, 2.45) is 0 Å². The molecule has 0 spiro atoms. The van der Waals surface area contributed by atoms with E-state index in [-0.39, 0.29) is 0 Å². The maximum atomic E-state index is 9.99. The Morgan fingerprint density at radius 3 is 1.89 bits per heavy atom. The van der Waals surface area contributed by atoms with Crippen molar-refractivity contribution in [1.82, 2.24) is 50.1 Å². The Balaban J connectivity index is 0.000000133. The average molecular weight is 765 g/mol. The van der Waals surface area contributed by atoms with Gasteiger partial charge in [-0.15, -0.1) is 22.7 Å². The number of nitrogens with zero attached hydrogens (tertiary/aromatic N) is 9. The van der Waals surface area contributed by atoms with Gasteiger partial charge in [0.15, 0.2) is 6.29 Å². The minimum atomic E-state index is 0.697. The number of nitrogens with one attached hydrogen (secondary N) is 3. The fraction of sp³-hybridized carbons (Fsp3) is 0.175. The van der Waals surface area contributed by atoms with Crippen LogP contribution >= 0.6 is 22.7 Å². The van der Waals surface area contributed by atoms with Crippen LogP contribution in [0.3, 0.4) is 0 Å². The second kappa shape index (κ2) is 16.5. The molecule has 13 nitrogen and oxygen atoms in total. The van der Waals surface area contributed by atoms with Crippen LogP contribution in [0.2, 0.25) is 0 Å². The molecule has 274 valence electrons. The summed E-state index contributed by atoms with van der Waals surface area (Å²) < 4.78 is 0. The molecule has 0 radical (unpaired) electrons. The molecule has 55 heavy (non-hydrogen) atoms. The number of fused-ring (bicyclic) bond motifs is 4. The molecule has 0 amide bonds. The number of aromatic nitrogens is 8. The topological polar surface area (TPSA) is 160 Å². The standard InChI is InChI=1S/C20H18N6S.C15H13N5.C5H5NOS/c1-13-21-8-16(27-13)9-26-10-17-19(11-26)23-12-24-20(17)25-15-6-14-4-2-3-5-18(14)22-7-15;1-2-4-13-10(3-1)5-11(6-17-13)20-15-12-7-16-8-14(12)18-9-19-15;1-4-6-2-5(3-7)8-4/h2-8,12H,9-11H2,1H3,(H,23,24,25);1-6,9,16H,7-8H2,(H,18,19,20);2-3H,1H3. The Bertz CT molecular complexity index is 2610. The van der Waals surface area contributed by atoms with Gasteiger partial charge in [0, 0.05) is 71.9 Å². The van der Waals surface area contributed by atoms with Gasteiger partial charge in [-0.1, -0.05) is 36.4 Å². The molecule has 6 aromatic heterocycles. The predicted octanol–water partition coefficient (Wildman–Crippen LogP) is 7.68. The van der Waals surface area contributed by atoms with E-state index in [1.165, 1.54) is 16.2 Å². The van der Waals surface area contributed by atoms with Gasteiger partial charge in [0.05, 0.1) is 61.1 Å². The SMILES string of the molecule is Cc1ncc(C=O)s1.Cc1ncc(CN2Cc3ncnc(Nc4cnc5ccccc5c4)c3C2)s1.c1ccc2ncc(Nc3ncnc4c3CNC4)cc2c1. The molecular weight excluding hydrogens is 729 g/mol. The summed E-state index contributed by atoms with van der Waals surface area (Å²) in [4.78, 5) is 49.1. The highest BCUT2D eigenvalue weighted by Crippen LogP contribution is 2.31. The first-order chi connectivity index (χ1) is 27.0. The van der Waals surface area contributed by atoms with Gasteiger partial charge >= 0.3 is 0 Å². The number of anilines is 4. The fourth-order valence-electron chi connectivity index (χ4n) is 6.35. The molecule has 0 unspecified atom stereocenters. The third kappa shape index (κ3) is 8.66. The Morgan fingerprint density at radius 1 is 0.673 bits per heavy atom. The van der Waals surface area contributed by atoms with E-state index in [0.717, 1.165) is 116 Å². The monoisotopic (exact) mass is 764 g/mol. The number of pyridine rings is 2. The van der Waals surface area contributed by atoms with Gasteiger partial charge < -0.3 is 16.0 Å². The minimum Gasteiger partial charge on any atom is -0.339 e. The molecule has 2 aliphatic heterocycles. The summed E-state index contributed by atoms with van der Waals surface area (Å²) in [6, 6.07) is 20.4. The number of thiazole rings is 2. The van der Waals surface area contributed by atoms with Gasteiger partial charge in [0.2, 0.25) is 0 Å². The molecule has 15 heteroatoms. The van der Waals surface area contributed by atoms with Gasteiger partial charge in [0.1, 0.15) is 24.3 Å². The zero-order chi connectivity index (χ0) is 37.6. The molecule has 2 aromatic carbocycles. The van der Waals surface area contributed by atoms with Crippen LogP contribution in [0, 0.1) is 13.8 Å². The molecule has 10 rings (SSSR count). The molecule has 0 saturated heterocycles. The first kappa shape index (κ1) is 35.9. The van der Waals surface area contributed by atoms with E-state index in [1.54, 1.807) is 30.2 Å². The molecule has 8 aromatic rings. The zero-order valence-corrected chi connectivity index (χ0v) is 31.7. The van der Waals surface area contributed by atoms with Gasteiger partial charge in [0.25, 0.3) is 0 Å². The van der Waals surface area contributed by atoms with Crippen LogP contribution in [-0.4, -0.2) is 51.1 Å². The third-order valence-corrected chi connectivity index (χ3v) is 10.7. The predicted molar refractivity (Wildman–Crippen MR) is 217 cm³/mol. The number of aryl methyl sites for hydroxylation is 2. The van der Waals surface area contributed by atoms with Crippen LogP contribution in [-0.2, 0) is 32.7 Å². The number of carbonyl (C=O) groups is 1. The fourth-order valence-corrected chi connectivity index (χ4v) is 7.78. The van der Waals surface area contributed by atoms with E-state index in [1.807, 2.05) is 68.8 Å². The lowest BCUT2D eigenvalue weighted by atomic mass is 10.2.